The van der Waals surface area contributed by atoms with Crippen LogP contribution in [0.25, 0.3) is 0 Å². The Morgan fingerprint density at radius 3 is 2.29 bits per heavy atom. The number of sulfonamides is 1. The lowest BCUT2D eigenvalue weighted by atomic mass is 10.0. The highest BCUT2D eigenvalue weighted by molar-refractivity contribution is 7.93. The van der Waals surface area contributed by atoms with Crippen LogP contribution >= 0.6 is 0 Å². The number of piperidine rings is 1. The first-order chi connectivity index (χ1) is 9.78. The molecule has 0 N–H and O–H groups in total. The van der Waals surface area contributed by atoms with Crippen molar-refractivity contribution in [2.45, 2.75) is 48.4 Å². The van der Waals surface area contributed by atoms with E-state index in [1.165, 1.54) is 16.4 Å². The third-order valence-corrected chi connectivity index (χ3v) is 7.17. The molecular weight excluding hydrogens is 310 g/mol. The monoisotopic (exact) mass is 331 g/mol. The molecule has 1 aromatic carbocycles. The van der Waals surface area contributed by atoms with E-state index in [1.807, 2.05) is 6.92 Å². The van der Waals surface area contributed by atoms with Gasteiger partial charge in [0.25, 0.3) is 0 Å². The van der Waals surface area contributed by atoms with E-state index in [4.69, 9.17) is 0 Å². The standard InChI is InChI=1S/C14H21NO4S2/c1-3-12-8-6-7-11-15(12)21(18,19)14-10-5-4-9-13(14)20(2,16)17/h4-5,9-10,12H,3,6-8,11H2,1-2H3. The van der Waals surface area contributed by atoms with Crippen LogP contribution < -0.4 is 0 Å². The van der Waals surface area contributed by atoms with E-state index >= 15 is 0 Å². The van der Waals surface area contributed by atoms with Gasteiger partial charge >= 0.3 is 0 Å². The van der Waals surface area contributed by atoms with Gasteiger partial charge in [0.05, 0.1) is 4.90 Å². The smallest absolute Gasteiger partial charge is 0.224 e. The molecule has 1 saturated heterocycles. The van der Waals surface area contributed by atoms with Crippen molar-refractivity contribution in [3.63, 3.8) is 0 Å². The maximum atomic E-state index is 12.9. The molecule has 0 spiro atoms. The summed E-state index contributed by atoms with van der Waals surface area (Å²) < 4.78 is 50.9. The second kappa shape index (κ2) is 6.06. The average molecular weight is 331 g/mol. The molecule has 5 nitrogen and oxygen atoms in total. The molecule has 0 aliphatic carbocycles. The van der Waals surface area contributed by atoms with Crippen molar-refractivity contribution in [3.8, 4) is 0 Å². The second-order valence-corrected chi connectivity index (χ2v) is 9.24. The summed E-state index contributed by atoms with van der Waals surface area (Å²) in [6.07, 6.45) is 4.43. The van der Waals surface area contributed by atoms with Crippen molar-refractivity contribution in [2.24, 2.45) is 0 Å². The van der Waals surface area contributed by atoms with Gasteiger partial charge in [0, 0.05) is 18.8 Å². The minimum absolute atomic E-state index is 0.0450. The van der Waals surface area contributed by atoms with Gasteiger partial charge in [-0.15, -0.1) is 0 Å². The summed E-state index contributed by atoms with van der Waals surface area (Å²) in [4.78, 5) is -0.224. The van der Waals surface area contributed by atoms with E-state index < -0.39 is 19.9 Å². The quantitative estimate of drug-likeness (QED) is 0.846. The van der Waals surface area contributed by atoms with E-state index in [1.54, 1.807) is 12.1 Å². The van der Waals surface area contributed by atoms with Gasteiger partial charge < -0.3 is 0 Å². The summed E-state index contributed by atoms with van der Waals surface area (Å²) in [5.74, 6) is 0. The second-order valence-electron chi connectivity index (χ2n) is 5.39. The minimum Gasteiger partial charge on any atom is -0.224 e. The van der Waals surface area contributed by atoms with E-state index in [0.717, 1.165) is 31.9 Å². The molecule has 118 valence electrons. The zero-order valence-corrected chi connectivity index (χ0v) is 14.0. The lowest BCUT2D eigenvalue weighted by Crippen LogP contribution is -2.43. The molecule has 1 aliphatic heterocycles. The molecule has 1 atom stereocenters. The van der Waals surface area contributed by atoms with Crippen LogP contribution in [-0.4, -0.2) is 40.0 Å². The van der Waals surface area contributed by atoms with Gasteiger partial charge in [-0.05, 0) is 31.4 Å². The molecular formula is C14H21NO4S2. The number of hydrogen-bond donors (Lipinski definition) is 0. The summed E-state index contributed by atoms with van der Waals surface area (Å²) in [6, 6.07) is 5.80. The summed E-state index contributed by atoms with van der Waals surface area (Å²) in [5.41, 5.74) is 0. The fraction of sp³-hybridized carbons (Fsp3) is 0.571. The van der Waals surface area contributed by atoms with Gasteiger partial charge in [0.1, 0.15) is 4.90 Å². The van der Waals surface area contributed by atoms with Gasteiger partial charge in [-0.2, -0.15) is 4.31 Å². The first-order valence-electron chi connectivity index (χ1n) is 7.09. The van der Waals surface area contributed by atoms with Crippen molar-refractivity contribution < 1.29 is 16.8 Å². The van der Waals surface area contributed by atoms with Crippen LogP contribution in [0.2, 0.25) is 0 Å². The molecule has 1 fully saturated rings. The fourth-order valence-electron chi connectivity index (χ4n) is 2.79. The normalized spacial score (nSPS) is 21.3. The predicted molar refractivity (Wildman–Crippen MR) is 81.4 cm³/mol. The van der Waals surface area contributed by atoms with Crippen LogP contribution in [0.3, 0.4) is 0 Å². The summed E-state index contributed by atoms with van der Waals surface area (Å²) in [6.45, 7) is 2.42. The molecule has 0 bridgehead atoms. The number of hydrogen-bond acceptors (Lipinski definition) is 4. The molecule has 0 aromatic heterocycles. The molecule has 1 aromatic rings. The SMILES string of the molecule is CCC1CCCCN1S(=O)(=O)c1ccccc1S(C)(=O)=O. The Bertz CT molecular complexity index is 710. The maximum absolute atomic E-state index is 12.9. The van der Waals surface area contributed by atoms with Gasteiger partial charge in [0.2, 0.25) is 10.0 Å². The molecule has 0 radical (unpaired) electrons. The Morgan fingerprint density at radius 2 is 1.71 bits per heavy atom. The first kappa shape index (κ1) is 16.5. The number of sulfone groups is 1. The fourth-order valence-corrected chi connectivity index (χ4v) is 6.17. The van der Waals surface area contributed by atoms with E-state index in [0.29, 0.717) is 6.54 Å². The Balaban J connectivity index is 2.55. The highest BCUT2D eigenvalue weighted by Crippen LogP contribution is 2.30. The molecule has 2 rings (SSSR count). The zero-order chi connectivity index (χ0) is 15.7. The maximum Gasteiger partial charge on any atom is 0.244 e. The van der Waals surface area contributed by atoms with Crippen LogP contribution in [0.15, 0.2) is 34.1 Å². The Kier molecular flexibility index (Phi) is 4.75. The molecule has 1 heterocycles. The number of nitrogens with zero attached hydrogens (tertiary/aromatic N) is 1. The number of rotatable bonds is 4. The van der Waals surface area contributed by atoms with Crippen molar-refractivity contribution in [1.29, 1.82) is 0 Å². The summed E-state index contributed by atoms with van der Waals surface area (Å²) in [7, 11) is -7.37. The van der Waals surface area contributed by atoms with Crippen molar-refractivity contribution >= 4 is 19.9 Å². The van der Waals surface area contributed by atoms with Gasteiger partial charge in [0.15, 0.2) is 9.84 Å². The first-order valence-corrected chi connectivity index (χ1v) is 10.4. The van der Waals surface area contributed by atoms with Crippen LogP contribution in [0, 0.1) is 0 Å². The third kappa shape index (κ3) is 3.30. The van der Waals surface area contributed by atoms with E-state index in [-0.39, 0.29) is 15.8 Å². The Labute approximate surface area is 126 Å². The van der Waals surface area contributed by atoms with Crippen molar-refractivity contribution in [1.82, 2.24) is 4.31 Å². The topological polar surface area (TPSA) is 71.5 Å². The molecule has 0 saturated carbocycles. The molecule has 7 heteroatoms. The van der Waals surface area contributed by atoms with Gasteiger partial charge in [-0.1, -0.05) is 25.5 Å². The van der Waals surface area contributed by atoms with Gasteiger partial charge in [-0.3, -0.25) is 0 Å². The molecule has 0 amide bonds. The third-order valence-electron chi connectivity index (χ3n) is 3.88. The zero-order valence-electron chi connectivity index (χ0n) is 12.3. The minimum atomic E-state index is -3.78. The van der Waals surface area contributed by atoms with Crippen LogP contribution in [0.5, 0.6) is 0 Å². The van der Waals surface area contributed by atoms with Crippen LogP contribution in [-0.2, 0) is 19.9 Å². The molecule has 21 heavy (non-hydrogen) atoms. The van der Waals surface area contributed by atoms with Crippen molar-refractivity contribution in [2.75, 3.05) is 12.8 Å². The van der Waals surface area contributed by atoms with Crippen LogP contribution in [0.4, 0.5) is 0 Å². The highest BCUT2D eigenvalue weighted by Gasteiger charge is 2.35. The van der Waals surface area contributed by atoms with E-state index in [9.17, 15) is 16.8 Å². The molecule has 1 aliphatic rings. The average Bonchev–Trinajstić information content (AvgIpc) is 2.46. The van der Waals surface area contributed by atoms with Crippen LogP contribution in [0.1, 0.15) is 32.6 Å². The number of benzene rings is 1. The lowest BCUT2D eigenvalue weighted by molar-refractivity contribution is 0.246. The van der Waals surface area contributed by atoms with Gasteiger partial charge in [-0.25, -0.2) is 16.8 Å². The highest BCUT2D eigenvalue weighted by atomic mass is 32.2. The predicted octanol–water partition coefficient (Wildman–Crippen LogP) is 2.04. The molecule has 1 unspecified atom stereocenters. The Hall–Kier alpha value is -0.920. The lowest BCUT2D eigenvalue weighted by Gasteiger charge is -2.34. The Morgan fingerprint density at radius 1 is 1.10 bits per heavy atom. The van der Waals surface area contributed by atoms with E-state index in [2.05, 4.69) is 0 Å². The largest absolute Gasteiger partial charge is 0.244 e. The van der Waals surface area contributed by atoms with Crippen molar-refractivity contribution in [3.05, 3.63) is 24.3 Å². The summed E-state index contributed by atoms with van der Waals surface area (Å²) in [5, 5.41) is 0. The summed E-state index contributed by atoms with van der Waals surface area (Å²) >= 11 is 0.